The van der Waals surface area contributed by atoms with Crippen LogP contribution >= 0.6 is 11.3 Å². The van der Waals surface area contributed by atoms with Gasteiger partial charge in [-0.3, -0.25) is 9.78 Å². The third kappa shape index (κ3) is 3.05. The second-order valence-electron chi connectivity index (χ2n) is 6.20. The second-order valence-corrected chi connectivity index (χ2v) is 7.40. The molecule has 5 nitrogen and oxygen atoms in total. The molecule has 0 spiro atoms. The smallest absolute Gasteiger partial charge is 0.261 e. The maximum Gasteiger partial charge on any atom is 0.261 e. The minimum atomic E-state index is -0.287. The van der Waals surface area contributed by atoms with Crippen LogP contribution in [0.25, 0.3) is 21.3 Å². The Labute approximate surface area is 148 Å². The molecule has 0 amide bonds. The van der Waals surface area contributed by atoms with Crippen LogP contribution in [0, 0.1) is 12.7 Å². The lowest BCUT2D eigenvalue weighted by molar-refractivity contribution is 0.628. The molecule has 3 heterocycles. The van der Waals surface area contributed by atoms with Crippen LogP contribution in [0.5, 0.6) is 0 Å². The van der Waals surface area contributed by atoms with Gasteiger partial charge in [0, 0.05) is 30.1 Å². The van der Waals surface area contributed by atoms with Crippen molar-refractivity contribution in [3.8, 4) is 11.1 Å². The molecule has 7 heteroatoms. The zero-order chi connectivity index (χ0) is 17.4. The van der Waals surface area contributed by atoms with Gasteiger partial charge in [-0.15, -0.1) is 11.3 Å². The van der Waals surface area contributed by atoms with Crippen LogP contribution in [0.4, 0.5) is 10.3 Å². The normalized spacial score (nSPS) is 15.5. The molecule has 130 valence electrons. The highest BCUT2D eigenvalue weighted by atomic mass is 32.1. The van der Waals surface area contributed by atoms with Crippen LogP contribution in [-0.2, 0) is 0 Å². The number of aromatic amines is 1. The third-order valence-corrected chi connectivity index (χ3v) is 5.50. The molecule has 0 aliphatic carbocycles. The quantitative estimate of drug-likeness (QED) is 0.739. The largest absolute Gasteiger partial charge is 0.341 e. The number of hydrogen-bond acceptors (Lipinski definition) is 5. The van der Waals surface area contributed by atoms with Crippen LogP contribution in [0.15, 0.2) is 29.1 Å². The van der Waals surface area contributed by atoms with Crippen LogP contribution in [0.3, 0.4) is 0 Å². The van der Waals surface area contributed by atoms with Gasteiger partial charge in [0.1, 0.15) is 10.6 Å². The standard InChI is InChI=1S/C18H19FN4OS/c1-11-14(12-3-5-13(19)6-4-12)15-16(24)21-18(22-17(15)25-11)23-9-2-7-20-8-10-23/h3-6,20H,2,7-10H2,1H3,(H,21,22,24). The number of benzene rings is 1. The highest BCUT2D eigenvalue weighted by Gasteiger charge is 2.19. The number of hydrogen-bond donors (Lipinski definition) is 2. The molecule has 0 saturated carbocycles. The van der Waals surface area contributed by atoms with Gasteiger partial charge in [-0.05, 0) is 37.6 Å². The molecule has 1 aliphatic heterocycles. The van der Waals surface area contributed by atoms with Crippen molar-refractivity contribution < 1.29 is 4.39 Å². The van der Waals surface area contributed by atoms with E-state index in [-0.39, 0.29) is 11.4 Å². The number of aromatic nitrogens is 2. The summed E-state index contributed by atoms with van der Waals surface area (Å²) in [4.78, 5) is 24.3. The number of rotatable bonds is 2. The first-order chi connectivity index (χ1) is 12.1. The van der Waals surface area contributed by atoms with Gasteiger partial charge in [-0.1, -0.05) is 12.1 Å². The molecule has 1 aromatic carbocycles. The molecule has 4 rings (SSSR count). The lowest BCUT2D eigenvalue weighted by Gasteiger charge is -2.20. The van der Waals surface area contributed by atoms with Crippen molar-refractivity contribution in [2.45, 2.75) is 13.3 Å². The predicted molar refractivity (Wildman–Crippen MR) is 100 cm³/mol. The summed E-state index contributed by atoms with van der Waals surface area (Å²) in [7, 11) is 0. The summed E-state index contributed by atoms with van der Waals surface area (Å²) in [5, 5.41) is 3.94. The number of aryl methyl sites for hydroxylation is 1. The van der Waals surface area contributed by atoms with Crippen molar-refractivity contribution in [3.05, 3.63) is 45.3 Å². The fraction of sp³-hybridized carbons (Fsp3) is 0.333. The first kappa shape index (κ1) is 16.2. The first-order valence-corrected chi connectivity index (χ1v) is 9.20. The van der Waals surface area contributed by atoms with E-state index in [1.54, 1.807) is 12.1 Å². The monoisotopic (exact) mass is 358 g/mol. The van der Waals surface area contributed by atoms with E-state index in [1.165, 1.54) is 23.5 Å². The minimum Gasteiger partial charge on any atom is -0.341 e. The van der Waals surface area contributed by atoms with E-state index in [0.717, 1.165) is 53.4 Å². The van der Waals surface area contributed by atoms with E-state index in [0.29, 0.717) is 11.3 Å². The molecular formula is C18H19FN4OS. The number of nitrogens with one attached hydrogen (secondary N) is 2. The van der Waals surface area contributed by atoms with Gasteiger partial charge in [-0.25, -0.2) is 9.37 Å². The molecule has 1 aliphatic rings. The molecule has 0 unspecified atom stereocenters. The molecule has 2 N–H and O–H groups in total. The molecule has 3 aromatic rings. The minimum absolute atomic E-state index is 0.138. The molecule has 1 saturated heterocycles. The predicted octanol–water partition coefficient (Wildman–Crippen LogP) is 2.90. The summed E-state index contributed by atoms with van der Waals surface area (Å²) >= 11 is 1.51. The second kappa shape index (κ2) is 6.57. The van der Waals surface area contributed by atoms with Gasteiger partial charge in [0.25, 0.3) is 5.56 Å². The van der Waals surface area contributed by atoms with Gasteiger partial charge >= 0.3 is 0 Å². The van der Waals surface area contributed by atoms with Gasteiger partial charge < -0.3 is 10.2 Å². The summed E-state index contributed by atoms with van der Waals surface area (Å²) in [6.07, 6.45) is 1.02. The Morgan fingerprint density at radius 2 is 2.00 bits per heavy atom. The van der Waals surface area contributed by atoms with E-state index in [1.807, 2.05) is 6.92 Å². The Balaban J connectivity index is 1.83. The van der Waals surface area contributed by atoms with Crippen LogP contribution in [0.1, 0.15) is 11.3 Å². The van der Waals surface area contributed by atoms with E-state index >= 15 is 0 Å². The summed E-state index contributed by atoms with van der Waals surface area (Å²) in [6.45, 7) is 5.53. The van der Waals surface area contributed by atoms with Gasteiger partial charge in [0.15, 0.2) is 0 Å². The van der Waals surface area contributed by atoms with E-state index < -0.39 is 0 Å². The summed E-state index contributed by atoms with van der Waals surface area (Å²) < 4.78 is 13.2. The molecule has 0 radical (unpaired) electrons. The molecule has 1 fully saturated rings. The molecule has 0 atom stereocenters. The number of halogens is 1. The fourth-order valence-electron chi connectivity index (χ4n) is 3.28. The van der Waals surface area contributed by atoms with Crippen molar-refractivity contribution in [1.29, 1.82) is 0 Å². The molecule has 25 heavy (non-hydrogen) atoms. The average Bonchev–Trinajstić information content (AvgIpc) is 2.77. The number of anilines is 1. The maximum absolute atomic E-state index is 13.2. The number of thiophene rings is 1. The van der Waals surface area contributed by atoms with Gasteiger partial charge in [-0.2, -0.15) is 0 Å². The third-order valence-electron chi connectivity index (χ3n) is 4.50. The van der Waals surface area contributed by atoms with E-state index in [9.17, 15) is 9.18 Å². The van der Waals surface area contributed by atoms with Crippen molar-refractivity contribution >= 4 is 27.5 Å². The SMILES string of the molecule is Cc1sc2nc(N3CCCNCC3)[nH]c(=O)c2c1-c1ccc(F)cc1. The zero-order valence-corrected chi connectivity index (χ0v) is 14.8. The van der Waals surface area contributed by atoms with E-state index in [4.69, 9.17) is 4.98 Å². The van der Waals surface area contributed by atoms with Gasteiger partial charge in [0.05, 0.1) is 5.39 Å². The van der Waals surface area contributed by atoms with Crippen LogP contribution < -0.4 is 15.8 Å². The Hall–Kier alpha value is -2.25. The van der Waals surface area contributed by atoms with Crippen LogP contribution in [0.2, 0.25) is 0 Å². The highest BCUT2D eigenvalue weighted by molar-refractivity contribution is 7.19. The Bertz CT molecular complexity index is 956. The van der Waals surface area contributed by atoms with Crippen molar-refractivity contribution in [2.75, 3.05) is 31.1 Å². The highest BCUT2D eigenvalue weighted by Crippen LogP contribution is 2.36. The number of fused-ring (bicyclic) bond motifs is 1. The fourth-order valence-corrected chi connectivity index (χ4v) is 4.32. The summed E-state index contributed by atoms with van der Waals surface area (Å²) in [5.74, 6) is 0.345. The molecule has 0 bridgehead atoms. The molecule has 2 aromatic heterocycles. The van der Waals surface area contributed by atoms with E-state index in [2.05, 4.69) is 15.2 Å². The van der Waals surface area contributed by atoms with Gasteiger partial charge in [0.2, 0.25) is 5.95 Å². The van der Waals surface area contributed by atoms with Crippen molar-refractivity contribution in [2.24, 2.45) is 0 Å². The zero-order valence-electron chi connectivity index (χ0n) is 13.9. The average molecular weight is 358 g/mol. The lowest BCUT2D eigenvalue weighted by atomic mass is 10.0. The first-order valence-electron chi connectivity index (χ1n) is 8.38. The number of nitrogens with zero attached hydrogens (tertiary/aromatic N) is 2. The summed E-state index contributed by atoms with van der Waals surface area (Å²) in [5.41, 5.74) is 1.54. The van der Waals surface area contributed by atoms with Crippen molar-refractivity contribution in [3.63, 3.8) is 0 Å². The summed E-state index contributed by atoms with van der Waals surface area (Å²) in [6, 6.07) is 6.24. The lowest BCUT2D eigenvalue weighted by Crippen LogP contribution is -2.31. The van der Waals surface area contributed by atoms with Crippen LogP contribution in [-0.4, -0.2) is 36.1 Å². The topological polar surface area (TPSA) is 61.0 Å². The Kier molecular flexibility index (Phi) is 4.27. The van der Waals surface area contributed by atoms with Crippen molar-refractivity contribution in [1.82, 2.24) is 15.3 Å². The Morgan fingerprint density at radius 1 is 1.20 bits per heavy atom. The number of H-pyrrole nitrogens is 1. The molecular weight excluding hydrogens is 339 g/mol. The Morgan fingerprint density at radius 3 is 2.80 bits per heavy atom. The maximum atomic E-state index is 13.2.